The fourth-order valence-electron chi connectivity index (χ4n) is 3.48. The predicted molar refractivity (Wildman–Crippen MR) is 84.0 cm³/mol. The second-order valence-electron chi connectivity index (χ2n) is 6.20. The first-order valence-electron chi connectivity index (χ1n) is 7.43. The van der Waals surface area contributed by atoms with Crippen molar-refractivity contribution in [2.24, 2.45) is 0 Å². The lowest BCUT2D eigenvalue weighted by molar-refractivity contribution is 0.103. The van der Waals surface area contributed by atoms with Gasteiger partial charge in [0.2, 0.25) is 10.0 Å². The molecule has 0 spiro atoms. The zero-order chi connectivity index (χ0) is 15.2. The number of nitrogens with zero attached hydrogens (tertiary/aromatic N) is 2. The van der Waals surface area contributed by atoms with Crippen LogP contribution < -0.4 is 0 Å². The van der Waals surface area contributed by atoms with Gasteiger partial charge in [-0.05, 0) is 38.8 Å². The van der Waals surface area contributed by atoms with Crippen LogP contribution in [-0.2, 0) is 10.0 Å². The second kappa shape index (κ2) is 5.54. The number of hydrogen-bond donors (Lipinski definition) is 0. The molecule has 4 nitrogen and oxygen atoms in total. The maximum Gasteiger partial charge on any atom is 0.245 e. The number of hydrogen-bond acceptors (Lipinski definition) is 3. The maximum atomic E-state index is 13.0. The molecule has 6 heteroatoms. The molecule has 2 bridgehead atoms. The minimum absolute atomic E-state index is 0.0763. The molecule has 2 unspecified atom stereocenters. The highest BCUT2D eigenvalue weighted by atomic mass is 35.5. The highest BCUT2D eigenvalue weighted by molar-refractivity contribution is 7.89. The predicted octanol–water partition coefficient (Wildman–Crippen LogP) is 2.59. The van der Waals surface area contributed by atoms with Crippen molar-refractivity contribution in [3.05, 3.63) is 29.3 Å². The summed E-state index contributed by atoms with van der Waals surface area (Å²) in [5.41, 5.74) is 0. The summed E-state index contributed by atoms with van der Waals surface area (Å²) < 4.78 is 27.7. The molecule has 2 heterocycles. The summed E-state index contributed by atoms with van der Waals surface area (Å²) in [6.45, 7) is 5.96. The maximum absolute atomic E-state index is 13.0. The molecule has 0 radical (unpaired) electrons. The number of sulfonamides is 1. The fraction of sp³-hybridized carbons (Fsp3) is 0.600. The molecule has 2 fully saturated rings. The molecule has 2 atom stereocenters. The van der Waals surface area contributed by atoms with E-state index in [0.717, 1.165) is 25.9 Å². The van der Waals surface area contributed by atoms with Crippen molar-refractivity contribution in [1.29, 1.82) is 0 Å². The first-order valence-corrected chi connectivity index (χ1v) is 9.25. The van der Waals surface area contributed by atoms with Gasteiger partial charge in [-0.3, -0.25) is 4.90 Å². The van der Waals surface area contributed by atoms with Crippen LogP contribution in [0, 0.1) is 0 Å². The molecule has 2 saturated heterocycles. The standard InChI is InChI=1S/C15H21ClN2O2S/c1-11(2)17-9-12-7-8-13(10-17)18(12)21(19,20)15-6-4-3-5-14(15)16/h3-6,11-13H,7-10H2,1-2H3. The van der Waals surface area contributed by atoms with Crippen molar-refractivity contribution in [3.63, 3.8) is 0 Å². The SMILES string of the molecule is CC(C)N1CC2CCC(C1)N2S(=O)(=O)c1ccccc1Cl. The van der Waals surface area contributed by atoms with Gasteiger partial charge in [0.1, 0.15) is 4.90 Å². The van der Waals surface area contributed by atoms with Crippen LogP contribution in [0.25, 0.3) is 0 Å². The van der Waals surface area contributed by atoms with E-state index in [1.54, 1.807) is 28.6 Å². The van der Waals surface area contributed by atoms with Crippen LogP contribution in [-0.4, -0.2) is 48.8 Å². The average Bonchev–Trinajstić information content (AvgIpc) is 2.71. The van der Waals surface area contributed by atoms with E-state index >= 15 is 0 Å². The highest BCUT2D eigenvalue weighted by Crippen LogP contribution is 2.37. The van der Waals surface area contributed by atoms with Crippen molar-refractivity contribution < 1.29 is 8.42 Å². The van der Waals surface area contributed by atoms with E-state index in [-0.39, 0.29) is 17.0 Å². The van der Waals surface area contributed by atoms with Crippen molar-refractivity contribution in [2.45, 2.75) is 49.7 Å². The van der Waals surface area contributed by atoms with Crippen LogP contribution in [0.5, 0.6) is 0 Å². The minimum atomic E-state index is -3.50. The van der Waals surface area contributed by atoms with Crippen molar-refractivity contribution in [1.82, 2.24) is 9.21 Å². The quantitative estimate of drug-likeness (QED) is 0.856. The number of halogens is 1. The van der Waals surface area contributed by atoms with E-state index in [1.807, 2.05) is 0 Å². The fourth-order valence-corrected chi connectivity index (χ4v) is 5.83. The van der Waals surface area contributed by atoms with E-state index < -0.39 is 10.0 Å². The minimum Gasteiger partial charge on any atom is -0.298 e. The van der Waals surface area contributed by atoms with E-state index in [2.05, 4.69) is 18.7 Å². The van der Waals surface area contributed by atoms with Crippen LogP contribution in [0.15, 0.2) is 29.2 Å². The summed E-state index contributed by atoms with van der Waals surface area (Å²) in [5.74, 6) is 0. The number of fused-ring (bicyclic) bond motifs is 2. The first kappa shape index (κ1) is 15.3. The van der Waals surface area contributed by atoms with Gasteiger partial charge < -0.3 is 0 Å². The molecule has 116 valence electrons. The average molecular weight is 329 g/mol. The highest BCUT2D eigenvalue weighted by Gasteiger charge is 2.47. The summed E-state index contributed by atoms with van der Waals surface area (Å²) >= 11 is 6.11. The van der Waals surface area contributed by atoms with Crippen molar-refractivity contribution >= 4 is 21.6 Å². The molecule has 0 N–H and O–H groups in total. The molecule has 1 aromatic rings. The Kier molecular flexibility index (Phi) is 4.03. The molecule has 0 saturated carbocycles. The Hall–Kier alpha value is -0.620. The van der Waals surface area contributed by atoms with Gasteiger partial charge in [-0.1, -0.05) is 23.7 Å². The largest absolute Gasteiger partial charge is 0.298 e. The van der Waals surface area contributed by atoms with Crippen LogP contribution in [0.1, 0.15) is 26.7 Å². The Morgan fingerprint density at radius 3 is 2.24 bits per heavy atom. The summed E-state index contributed by atoms with van der Waals surface area (Å²) in [6, 6.07) is 7.34. The Balaban J connectivity index is 1.93. The molecular formula is C15H21ClN2O2S. The summed E-state index contributed by atoms with van der Waals surface area (Å²) in [6.07, 6.45) is 1.88. The lowest BCUT2D eigenvalue weighted by Crippen LogP contribution is -2.57. The Morgan fingerprint density at radius 1 is 1.14 bits per heavy atom. The number of likely N-dealkylation sites (tertiary alicyclic amines) is 1. The molecule has 21 heavy (non-hydrogen) atoms. The van der Waals surface area contributed by atoms with E-state index in [1.165, 1.54) is 0 Å². The third kappa shape index (κ3) is 2.61. The molecule has 2 aliphatic rings. The van der Waals surface area contributed by atoms with Gasteiger partial charge in [0.05, 0.1) is 5.02 Å². The molecule has 1 aromatic carbocycles. The first-order chi connectivity index (χ1) is 9.91. The molecule has 2 aliphatic heterocycles. The molecule has 0 aromatic heterocycles. The van der Waals surface area contributed by atoms with Crippen LogP contribution in [0.2, 0.25) is 5.02 Å². The number of rotatable bonds is 3. The van der Waals surface area contributed by atoms with Gasteiger partial charge in [-0.25, -0.2) is 8.42 Å². The summed E-state index contributed by atoms with van der Waals surface area (Å²) in [7, 11) is -3.50. The topological polar surface area (TPSA) is 40.6 Å². The van der Waals surface area contributed by atoms with Crippen molar-refractivity contribution in [2.75, 3.05) is 13.1 Å². The van der Waals surface area contributed by atoms with Gasteiger partial charge in [0, 0.05) is 31.2 Å². The van der Waals surface area contributed by atoms with Gasteiger partial charge in [-0.15, -0.1) is 0 Å². The third-order valence-electron chi connectivity index (χ3n) is 4.57. The van der Waals surface area contributed by atoms with Crippen LogP contribution >= 0.6 is 11.6 Å². The molecule has 0 aliphatic carbocycles. The lowest BCUT2D eigenvalue weighted by atomic mass is 10.2. The van der Waals surface area contributed by atoms with Crippen molar-refractivity contribution in [3.8, 4) is 0 Å². The van der Waals surface area contributed by atoms with E-state index in [0.29, 0.717) is 11.1 Å². The lowest BCUT2D eigenvalue weighted by Gasteiger charge is -2.41. The molecule has 3 rings (SSSR count). The van der Waals surface area contributed by atoms with Crippen LogP contribution in [0.4, 0.5) is 0 Å². The van der Waals surface area contributed by atoms with Gasteiger partial charge in [-0.2, -0.15) is 4.31 Å². The Labute approximate surface area is 131 Å². The van der Waals surface area contributed by atoms with E-state index in [4.69, 9.17) is 11.6 Å². The molecule has 0 amide bonds. The Morgan fingerprint density at radius 2 is 1.71 bits per heavy atom. The molecular weight excluding hydrogens is 308 g/mol. The van der Waals surface area contributed by atoms with Crippen LogP contribution in [0.3, 0.4) is 0 Å². The normalized spacial score (nSPS) is 27.4. The number of benzene rings is 1. The van der Waals surface area contributed by atoms with Gasteiger partial charge in [0.15, 0.2) is 0 Å². The monoisotopic (exact) mass is 328 g/mol. The third-order valence-corrected chi connectivity index (χ3v) is 7.07. The summed E-state index contributed by atoms with van der Waals surface area (Å²) in [4.78, 5) is 2.61. The van der Waals surface area contributed by atoms with E-state index in [9.17, 15) is 8.42 Å². The summed E-state index contributed by atoms with van der Waals surface area (Å²) in [5, 5.41) is 0.309. The number of piperazine rings is 1. The zero-order valence-corrected chi connectivity index (χ0v) is 13.9. The Bertz CT molecular complexity index is 618. The zero-order valence-electron chi connectivity index (χ0n) is 12.4. The smallest absolute Gasteiger partial charge is 0.245 e. The van der Waals surface area contributed by atoms with Gasteiger partial charge >= 0.3 is 0 Å². The van der Waals surface area contributed by atoms with Gasteiger partial charge in [0.25, 0.3) is 0 Å². The second-order valence-corrected chi connectivity index (χ2v) is 8.42.